The second-order valence-electron chi connectivity index (χ2n) is 4.48. The smallest absolute Gasteiger partial charge is 0.230 e. The molecule has 0 radical (unpaired) electrons. The van der Waals surface area contributed by atoms with Gasteiger partial charge in [0.15, 0.2) is 5.13 Å². The van der Waals surface area contributed by atoms with E-state index in [1.807, 2.05) is 5.38 Å². The second kappa shape index (κ2) is 5.41. The molecule has 0 atom stereocenters. The maximum absolute atomic E-state index is 11.8. The molecule has 1 aliphatic heterocycles. The summed E-state index contributed by atoms with van der Waals surface area (Å²) < 4.78 is 0. The molecule has 1 fully saturated rings. The number of aromatic nitrogens is 3. The highest BCUT2D eigenvalue weighted by atomic mass is 32.1. The molecule has 2 N–H and O–H groups in total. The number of carbonyl (C=O) groups is 2. The highest BCUT2D eigenvalue weighted by molar-refractivity contribution is 7.14. The van der Waals surface area contributed by atoms with Crippen LogP contribution < -0.4 is 10.2 Å². The van der Waals surface area contributed by atoms with E-state index in [-0.39, 0.29) is 18.2 Å². The average Bonchev–Trinajstić information content (AvgIpc) is 3.11. The van der Waals surface area contributed by atoms with Gasteiger partial charge in [-0.1, -0.05) is 0 Å². The van der Waals surface area contributed by atoms with Crippen LogP contribution in [0.25, 0.3) is 0 Å². The van der Waals surface area contributed by atoms with Crippen molar-refractivity contribution in [3.8, 4) is 0 Å². The third-order valence-electron chi connectivity index (χ3n) is 2.97. The summed E-state index contributed by atoms with van der Waals surface area (Å²) >= 11 is 1.40. The molecule has 7 nitrogen and oxygen atoms in total. The van der Waals surface area contributed by atoms with Crippen molar-refractivity contribution in [1.82, 2.24) is 15.2 Å². The minimum atomic E-state index is -0.156. The Balaban J connectivity index is 1.62. The van der Waals surface area contributed by atoms with Gasteiger partial charge in [-0.05, 0) is 6.42 Å². The number of nitrogens with one attached hydrogen (secondary N) is 2. The van der Waals surface area contributed by atoms with Gasteiger partial charge in [0.2, 0.25) is 11.8 Å². The van der Waals surface area contributed by atoms with Crippen LogP contribution in [0, 0.1) is 0 Å². The van der Waals surface area contributed by atoms with E-state index < -0.39 is 0 Å². The Hall–Kier alpha value is -2.22. The average molecular weight is 291 g/mol. The fourth-order valence-corrected chi connectivity index (χ4v) is 2.91. The Morgan fingerprint density at radius 1 is 1.55 bits per heavy atom. The predicted octanol–water partition coefficient (Wildman–Crippen LogP) is 1.17. The summed E-state index contributed by atoms with van der Waals surface area (Å²) in [5.41, 5.74) is 1.30. The molecule has 0 aliphatic carbocycles. The fourth-order valence-electron chi connectivity index (χ4n) is 2.04. The Morgan fingerprint density at radius 3 is 3.15 bits per heavy atom. The van der Waals surface area contributed by atoms with Gasteiger partial charge in [0.25, 0.3) is 0 Å². The van der Waals surface area contributed by atoms with Crippen molar-refractivity contribution in [2.45, 2.75) is 19.3 Å². The van der Waals surface area contributed by atoms with Gasteiger partial charge in [0.05, 0.1) is 24.0 Å². The molecule has 2 aromatic heterocycles. The molecule has 2 amide bonds. The number of H-pyrrole nitrogens is 1. The normalized spacial score (nSPS) is 14.8. The Labute approximate surface area is 119 Å². The van der Waals surface area contributed by atoms with E-state index in [1.54, 1.807) is 11.1 Å². The standard InChI is InChI=1S/C12H13N5O2S/c18-10(15-9-5-13-14-6-9)4-8-7-20-12(16-8)17-3-1-2-11(17)19/h5-7H,1-4H2,(H,13,14)(H,15,18). The zero-order chi connectivity index (χ0) is 13.9. The lowest BCUT2D eigenvalue weighted by Gasteiger charge is -2.10. The van der Waals surface area contributed by atoms with Crippen LogP contribution in [0.4, 0.5) is 10.8 Å². The van der Waals surface area contributed by atoms with E-state index in [0.717, 1.165) is 6.42 Å². The van der Waals surface area contributed by atoms with Crippen molar-refractivity contribution in [1.29, 1.82) is 0 Å². The summed E-state index contributed by atoms with van der Waals surface area (Å²) in [7, 11) is 0. The minimum Gasteiger partial charge on any atom is -0.323 e. The van der Waals surface area contributed by atoms with E-state index in [9.17, 15) is 9.59 Å². The molecule has 0 bridgehead atoms. The number of hydrogen-bond donors (Lipinski definition) is 2. The Morgan fingerprint density at radius 2 is 2.45 bits per heavy atom. The first-order valence-electron chi connectivity index (χ1n) is 6.26. The number of anilines is 2. The van der Waals surface area contributed by atoms with Gasteiger partial charge in [0.1, 0.15) is 0 Å². The van der Waals surface area contributed by atoms with Crippen molar-refractivity contribution in [3.63, 3.8) is 0 Å². The van der Waals surface area contributed by atoms with Crippen molar-refractivity contribution in [3.05, 3.63) is 23.5 Å². The summed E-state index contributed by atoms with van der Waals surface area (Å²) in [6.07, 6.45) is 4.77. The molecule has 0 spiro atoms. The second-order valence-corrected chi connectivity index (χ2v) is 5.32. The summed E-state index contributed by atoms with van der Waals surface area (Å²) in [5.74, 6) is -0.0512. The lowest BCUT2D eigenvalue weighted by molar-refractivity contribution is -0.117. The van der Waals surface area contributed by atoms with Crippen LogP contribution >= 0.6 is 11.3 Å². The van der Waals surface area contributed by atoms with Gasteiger partial charge in [-0.15, -0.1) is 11.3 Å². The summed E-state index contributed by atoms with van der Waals surface area (Å²) in [4.78, 5) is 29.5. The lowest BCUT2D eigenvalue weighted by atomic mass is 10.3. The van der Waals surface area contributed by atoms with Crippen LogP contribution in [0.1, 0.15) is 18.5 Å². The first-order chi connectivity index (χ1) is 9.72. The molecule has 1 saturated heterocycles. The van der Waals surface area contributed by atoms with Crippen LogP contribution in [-0.2, 0) is 16.0 Å². The highest BCUT2D eigenvalue weighted by Gasteiger charge is 2.24. The number of aromatic amines is 1. The third kappa shape index (κ3) is 2.69. The third-order valence-corrected chi connectivity index (χ3v) is 3.88. The molecule has 3 rings (SSSR count). The minimum absolute atomic E-state index is 0.105. The molecule has 20 heavy (non-hydrogen) atoms. The largest absolute Gasteiger partial charge is 0.323 e. The van der Waals surface area contributed by atoms with Crippen molar-refractivity contribution >= 4 is 34.0 Å². The molecule has 104 valence electrons. The maximum atomic E-state index is 11.8. The summed E-state index contributed by atoms with van der Waals surface area (Å²) in [6, 6.07) is 0. The molecule has 2 aromatic rings. The molecule has 0 unspecified atom stereocenters. The molecule has 8 heteroatoms. The zero-order valence-electron chi connectivity index (χ0n) is 10.6. The topological polar surface area (TPSA) is 91.0 Å². The molecule has 0 saturated carbocycles. The quantitative estimate of drug-likeness (QED) is 0.884. The van der Waals surface area contributed by atoms with Gasteiger partial charge in [-0.25, -0.2) is 4.98 Å². The van der Waals surface area contributed by atoms with E-state index >= 15 is 0 Å². The van der Waals surface area contributed by atoms with Gasteiger partial charge in [0, 0.05) is 24.5 Å². The maximum Gasteiger partial charge on any atom is 0.230 e. The Bertz CT molecular complexity index is 622. The van der Waals surface area contributed by atoms with Gasteiger partial charge >= 0.3 is 0 Å². The fraction of sp³-hybridized carbons (Fsp3) is 0.333. The van der Waals surface area contributed by atoms with E-state index in [0.29, 0.717) is 29.5 Å². The number of hydrogen-bond acceptors (Lipinski definition) is 5. The summed E-state index contributed by atoms with van der Waals surface area (Å²) in [5, 5.41) is 11.6. The first-order valence-corrected chi connectivity index (χ1v) is 7.14. The monoisotopic (exact) mass is 291 g/mol. The van der Waals surface area contributed by atoms with Crippen LogP contribution in [0.3, 0.4) is 0 Å². The van der Waals surface area contributed by atoms with E-state index in [2.05, 4.69) is 20.5 Å². The van der Waals surface area contributed by atoms with Crippen LogP contribution in [0.15, 0.2) is 17.8 Å². The molecule has 3 heterocycles. The number of rotatable bonds is 4. The van der Waals surface area contributed by atoms with Gasteiger partial charge in [-0.2, -0.15) is 5.10 Å². The predicted molar refractivity (Wildman–Crippen MR) is 74.6 cm³/mol. The van der Waals surface area contributed by atoms with Gasteiger partial charge < -0.3 is 5.32 Å². The summed E-state index contributed by atoms with van der Waals surface area (Å²) in [6.45, 7) is 0.715. The van der Waals surface area contributed by atoms with Crippen LogP contribution in [0.5, 0.6) is 0 Å². The van der Waals surface area contributed by atoms with E-state index in [1.165, 1.54) is 17.5 Å². The molecule has 1 aliphatic rings. The SMILES string of the molecule is O=C(Cc1csc(N2CCCC2=O)n1)Nc1cn[nH]c1. The number of carbonyl (C=O) groups excluding carboxylic acids is 2. The van der Waals surface area contributed by atoms with Crippen molar-refractivity contribution in [2.75, 3.05) is 16.8 Å². The number of nitrogens with zero attached hydrogens (tertiary/aromatic N) is 3. The number of thiazole rings is 1. The van der Waals surface area contributed by atoms with Crippen LogP contribution in [0.2, 0.25) is 0 Å². The van der Waals surface area contributed by atoms with E-state index in [4.69, 9.17) is 0 Å². The zero-order valence-corrected chi connectivity index (χ0v) is 11.4. The van der Waals surface area contributed by atoms with Crippen molar-refractivity contribution in [2.24, 2.45) is 0 Å². The molecular weight excluding hydrogens is 278 g/mol. The molecular formula is C12H13N5O2S. The number of amides is 2. The Kier molecular flexibility index (Phi) is 3.46. The first kappa shape index (κ1) is 12.8. The van der Waals surface area contributed by atoms with Gasteiger partial charge in [-0.3, -0.25) is 19.6 Å². The highest BCUT2D eigenvalue weighted by Crippen LogP contribution is 2.25. The van der Waals surface area contributed by atoms with Crippen molar-refractivity contribution < 1.29 is 9.59 Å². The molecule has 0 aromatic carbocycles. The van der Waals surface area contributed by atoms with Crippen LogP contribution in [-0.4, -0.2) is 33.5 Å². The lowest BCUT2D eigenvalue weighted by Crippen LogP contribution is -2.23.